The van der Waals surface area contributed by atoms with Crippen LogP contribution in [0.5, 0.6) is 0 Å². The summed E-state index contributed by atoms with van der Waals surface area (Å²) in [5, 5.41) is 15.0. The first-order valence-corrected chi connectivity index (χ1v) is 12.5. The topological polar surface area (TPSA) is 105 Å². The summed E-state index contributed by atoms with van der Waals surface area (Å²) < 4.78 is 5.68. The van der Waals surface area contributed by atoms with Gasteiger partial charge in [-0.1, -0.05) is 75.2 Å². The Labute approximate surface area is 206 Å². The largest absolute Gasteiger partial charge is 0.481 e. The number of carbonyl (C=O) groups is 3. The molecule has 3 N–H and O–H groups in total. The van der Waals surface area contributed by atoms with Gasteiger partial charge in [0, 0.05) is 18.0 Å². The predicted octanol–water partition coefficient (Wildman–Crippen LogP) is 4.70. The van der Waals surface area contributed by atoms with Crippen molar-refractivity contribution in [3.63, 3.8) is 0 Å². The molecule has 1 fully saturated rings. The lowest BCUT2D eigenvalue weighted by molar-refractivity contribution is -0.138. The molecule has 0 saturated heterocycles. The SMILES string of the molecule is CC(C)C(CC(=O)O)NC(=O)[C@@H]1CCCC[C@@H]1NC(=O)OCC1c2ccccc2-c2ccccc21. The summed E-state index contributed by atoms with van der Waals surface area (Å²) in [5.74, 6) is -1.58. The monoisotopic (exact) mass is 478 g/mol. The van der Waals surface area contributed by atoms with Crippen LogP contribution in [-0.4, -0.2) is 41.8 Å². The molecule has 1 unspecified atom stereocenters. The number of aliphatic carboxylic acids is 1. The number of fused-ring (bicyclic) bond motifs is 3. The third-order valence-electron chi connectivity index (χ3n) is 7.28. The minimum Gasteiger partial charge on any atom is -0.481 e. The first kappa shape index (κ1) is 24.8. The van der Waals surface area contributed by atoms with Crippen molar-refractivity contribution in [3.8, 4) is 11.1 Å². The molecule has 0 bridgehead atoms. The predicted molar refractivity (Wildman–Crippen MR) is 133 cm³/mol. The van der Waals surface area contributed by atoms with Crippen LogP contribution >= 0.6 is 0 Å². The van der Waals surface area contributed by atoms with Crippen LogP contribution in [-0.2, 0) is 14.3 Å². The lowest BCUT2D eigenvalue weighted by atomic mass is 9.83. The highest BCUT2D eigenvalue weighted by Crippen LogP contribution is 2.44. The Morgan fingerprint density at radius 1 is 0.971 bits per heavy atom. The van der Waals surface area contributed by atoms with Crippen molar-refractivity contribution in [3.05, 3.63) is 59.7 Å². The Bertz CT molecular complexity index is 1040. The number of carboxylic acids is 1. The number of benzene rings is 2. The van der Waals surface area contributed by atoms with Gasteiger partial charge in [-0.25, -0.2) is 4.79 Å². The Kier molecular flexibility index (Phi) is 7.73. The molecule has 1 saturated carbocycles. The van der Waals surface area contributed by atoms with E-state index in [2.05, 4.69) is 34.9 Å². The Morgan fingerprint density at radius 2 is 1.57 bits per heavy atom. The minimum atomic E-state index is -0.944. The molecule has 7 nitrogen and oxygen atoms in total. The molecule has 2 aliphatic rings. The highest BCUT2D eigenvalue weighted by atomic mass is 16.5. The molecular weight excluding hydrogens is 444 g/mol. The normalized spacial score (nSPS) is 20.0. The smallest absolute Gasteiger partial charge is 0.407 e. The van der Waals surface area contributed by atoms with E-state index in [1.807, 2.05) is 38.1 Å². The molecule has 2 aromatic rings. The van der Waals surface area contributed by atoms with Crippen molar-refractivity contribution in [1.29, 1.82) is 0 Å². The number of ether oxygens (including phenoxy) is 1. The molecule has 0 aromatic heterocycles. The maximum Gasteiger partial charge on any atom is 0.407 e. The molecule has 2 aromatic carbocycles. The number of carboxylic acid groups (broad SMARTS) is 1. The molecule has 4 rings (SSSR count). The van der Waals surface area contributed by atoms with Crippen molar-refractivity contribution in [2.45, 2.75) is 64.0 Å². The summed E-state index contributed by atoms with van der Waals surface area (Å²) in [4.78, 5) is 37.0. The number of hydrogen-bond donors (Lipinski definition) is 3. The fourth-order valence-electron chi connectivity index (χ4n) is 5.34. The van der Waals surface area contributed by atoms with E-state index in [0.717, 1.165) is 24.0 Å². The van der Waals surface area contributed by atoms with Gasteiger partial charge in [0.2, 0.25) is 5.91 Å². The zero-order chi connectivity index (χ0) is 24.9. The number of alkyl carbamates (subject to hydrolysis) is 1. The first-order valence-electron chi connectivity index (χ1n) is 12.5. The second-order valence-corrected chi connectivity index (χ2v) is 9.92. The number of hydrogen-bond acceptors (Lipinski definition) is 4. The quantitative estimate of drug-likeness (QED) is 0.510. The van der Waals surface area contributed by atoms with Gasteiger partial charge in [0.25, 0.3) is 0 Å². The van der Waals surface area contributed by atoms with Gasteiger partial charge < -0.3 is 20.5 Å². The number of rotatable bonds is 8. The van der Waals surface area contributed by atoms with Gasteiger partial charge in [-0.3, -0.25) is 9.59 Å². The highest BCUT2D eigenvalue weighted by Gasteiger charge is 2.35. The van der Waals surface area contributed by atoms with Crippen LogP contribution in [0.3, 0.4) is 0 Å². The molecule has 7 heteroatoms. The minimum absolute atomic E-state index is 0.00724. The van der Waals surface area contributed by atoms with Gasteiger partial charge in [0.1, 0.15) is 6.61 Å². The second-order valence-electron chi connectivity index (χ2n) is 9.92. The molecule has 2 amide bonds. The van der Waals surface area contributed by atoms with E-state index in [4.69, 9.17) is 4.74 Å². The maximum atomic E-state index is 13.0. The molecule has 0 heterocycles. The Hall–Kier alpha value is -3.35. The standard InChI is InChI=1S/C28H34N2O5/c1-17(2)25(15-26(31)32)29-27(33)22-13-7-8-14-24(22)30-28(34)35-16-23-20-11-5-3-9-18(20)19-10-4-6-12-21(19)23/h3-6,9-12,17,22-25H,7-8,13-16H2,1-2H3,(H,29,33)(H,30,34)(H,31,32)/t22-,24+,25?/m1/s1. The van der Waals surface area contributed by atoms with Crippen molar-refractivity contribution in [2.24, 2.45) is 11.8 Å². The molecule has 3 atom stereocenters. The van der Waals surface area contributed by atoms with Gasteiger partial charge in [-0.05, 0) is 41.0 Å². The van der Waals surface area contributed by atoms with Gasteiger partial charge in [-0.2, -0.15) is 0 Å². The van der Waals surface area contributed by atoms with Gasteiger partial charge in [-0.15, -0.1) is 0 Å². The third-order valence-corrected chi connectivity index (χ3v) is 7.28. The highest BCUT2D eigenvalue weighted by molar-refractivity contribution is 5.82. The van der Waals surface area contributed by atoms with Crippen molar-refractivity contribution in [1.82, 2.24) is 10.6 Å². The lowest BCUT2D eigenvalue weighted by Gasteiger charge is -2.33. The summed E-state index contributed by atoms with van der Waals surface area (Å²) in [6.45, 7) is 4.00. The fraction of sp³-hybridized carbons (Fsp3) is 0.464. The van der Waals surface area contributed by atoms with Gasteiger partial charge in [0.05, 0.1) is 12.3 Å². The van der Waals surface area contributed by atoms with E-state index < -0.39 is 24.0 Å². The van der Waals surface area contributed by atoms with E-state index in [9.17, 15) is 19.5 Å². The zero-order valence-corrected chi connectivity index (χ0v) is 20.3. The number of amides is 2. The summed E-state index contributed by atoms with van der Waals surface area (Å²) in [5.41, 5.74) is 4.63. The van der Waals surface area contributed by atoms with Crippen molar-refractivity contribution < 1.29 is 24.2 Å². The van der Waals surface area contributed by atoms with Crippen molar-refractivity contribution >= 4 is 18.0 Å². The first-order chi connectivity index (χ1) is 16.8. The average molecular weight is 479 g/mol. The van der Waals surface area contributed by atoms with Gasteiger partial charge >= 0.3 is 12.1 Å². The number of carbonyl (C=O) groups excluding carboxylic acids is 2. The van der Waals surface area contributed by atoms with E-state index in [1.54, 1.807) is 0 Å². The number of nitrogens with one attached hydrogen (secondary N) is 2. The zero-order valence-electron chi connectivity index (χ0n) is 20.3. The maximum absolute atomic E-state index is 13.0. The van der Waals surface area contributed by atoms with Crippen LogP contribution in [0.1, 0.15) is 63.0 Å². The van der Waals surface area contributed by atoms with Crippen LogP contribution in [0.4, 0.5) is 4.79 Å². The van der Waals surface area contributed by atoms with E-state index in [0.29, 0.717) is 12.8 Å². The van der Waals surface area contributed by atoms with E-state index in [-0.39, 0.29) is 36.8 Å². The second kappa shape index (κ2) is 10.9. The molecule has 186 valence electrons. The van der Waals surface area contributed by atoms with Crippen LogP contribution in [0.2, 0.25) is 0 Å². The Balaban J connectivity index is 1.38. The van der Waals surface area contributed by atoms with Crippen molar-refractivity contribution in [2.75, 3.05) is 6.61 Å². The van der Waals surface area contributed by atoms with Crippen LogP contribution < -0.4 is 10.6 Å². The summed E-state index contributed by atoms with van der Waals surface area (Å²) in [6, 6.07) is 15.6. The van der Waals surface area contributed by atoms with Crippen LogP contribution in [0.15, 0.2) is 48.5 Å². The third kappa shape index (κ3) is 5.66. The Morgan fingerprint density at radius 3 is 2.17 bits per heavy atom. The fourth-order valence-corrected chi connectivity index (χ4v) is 5.34. The molecule has 0 radical (unpaired) electrons. The molecule has 0 aliphatic heterocycles. The molecule has 0 spiro atoms. The molecule has 35 heavy (non-hydrogen) atoms. The summed E-state index contributed by atoms with van der Waals surface area (Å²) in [7, 11) is 0. The van der Waals surface area contributed by atoms with Crippen LogP contribution in [0.25, 0.3) is 11.1 Å². The van der Waals surface area contributed by atoms with E-state index in [1.165, 1.54) is 11.1 Å². The van der Waals surface area contributed by atoms with E-state index >= 15 is 0 Å². The van der Waals surface area contributed by atoms with Gasteiger partial charge in [0.15, 0.2) is 0 Å². The summed E-state index contributed by atoms with van der Waals surface area (Å²) >= 11 is 0. The van der Waals surface area contributed by atoms with Crippen LogP contribution in [0, 0.1) is 11.8 Å². The lowest BCUT2D eigenvalue weighted by Crippen LogP contribution is -2.51. The molecular formula is C28H34N2O5. The summed E-state index contributed by atoms with van der Waals surface area (Å²) in [6.07, 6.45) is 2.50. The molecule has 2 aliphatic carbocycles. The average Bonchev–Trinajstić information content (AvgIpc) is 3.16.